The van der Waals surface area contributed by atoms with E-state index in [4.69, 9.17) is 0 Å². The number of halogens is 5. The number of carbonyl (C=O) groups excluding carboxylic acids is 1. The van der Waals surface area contributed by atoms with Crippen molar-refractivity contribution in [1.82, 2.24) is 19.6 Å². The van der Waals surface area contributed by atoms with Crippen LogP contribution in [0.1, 0.15) is 22.3 Å². The Bertz CT molecular complexity index is 1380. The number of hydrogen-bond acceptors (Lipinski definition) is 5. The van der Waals surface area contributed by atoms with Crippen molar-refractivity contribution in [2.75, 3.05) is 50.7 Å². The summed E-state index contributed by atoms with van der Waals surface area (Å²) in [6.07, 6.45) is -0.484. The molecule has 1 fully saturated rings. The van der Waals surface area contributed by atoms with Gasteiger partial charge in [0.05, 0.1) is 24.0 Å². The monoisotopic (exact) mass is 592 g/mol. The van der Waals surface area contributed by atoms with Crippen molar-refractivity contribution in [2.45, 2.75) is 12.6 Å². The maximum absolute atomic E-state index is 13.4. The van der Waals surface area contributed by atoms with Crippen LogP contribution in [0.25, 0.3) is 5.70 Å². The molecule has 5 rings (SSSR count). The number of rotatable bonds is 6. The molecule has 12 heteroatoms. The highest BCUT2D eigenvalue weighted by Crippen LogP contribution is 2.34. The highest BCUT2D eigenvalue weighted by molar-refractivity contribution is 5.97. The number of nitrogens with zero attached hydrogens (tertiary/aromatic N) is 6. The van der Waals surface area contributed by atoms with Gasteiger partial charge in [0, 0.05) is 44.8 Å². The second kappa shape index (κ2) is 13.3. The van der Waals surface area contributed by atoms with Gasteiger partial charge in [-0.25, -0.2) is 4.68 Å². The first-order valence-corrected chi connectivity index (χ1v) is 12.5. The van der Waals surface area contributed by atoms with Crippen LogP contribution >= 0.6 is 24.8 Å². The highest BCUT2D eigenvalue weighted by atomic mass is 35.5. The molecule has 1 amide bonds. The van der Waals surface area contributed by atoms with Crippen LogP contribution in [0.4, 0.5) is 19.0 Å². The molecule has 0 radical (unpaired) electrons. The Hall–Kier alpha value is -3.36. The topological polar surface area (TPSA) is 68.4 Å². The summed E-state index contributed by atoms with van der Waals surface area (Å²) >= 11 is 0. The van der Waals surface area contributed by atoms with Gasteiger partial charge in [-0.05, 0) is 30.2 Å². The minimum Gasteiger partial charge on any atom is -0.300 e. The van der Waals surface area contributed by atoms with Gasteiger partial charge >= 0.3 is 6.18 Å². The lowest BCUT2D eigenvalue weighted by molar-refractivity contribution is -0.137. The Labute approximate surface area is 243 Å². The summed E-state index contributed by atoms with van der Waals surface area (Å²) in [6, 6.07) is 17.4. The molecule has 2 aliphatic heterocycles. The fourth-order valence-corrected chi connectivity index (χ4v) is 4.90. The molecule has 40 heavy (non-hydrogen) atoms. The lowest BCUT2D eigenvalue weighted by Crippen LogP contribution is -2.51. The molecule has 0 saturated carbocycles. The van der Waals surface area contributed by atoms with Crippen LogP contribution in [-0.2, 0) is 17.4 Å². The highest BCUT2D eigenvalue weighted by Gasteiger charge is 2.33. The third kappa shape index (κ3) is 6.85. The number of piperazine rings is 1. The molecule has 212 valence electrons. The van der Waals surface area contributed by atoms with Gasteiger partial charge in [0.2, 0.25) is 5.91 Å². The second-order valence-corrected chi connectivity index (χ2v) is 9.43. The molecule has 1 aromatic heterocycles. The van der Waals surface area contributed by atoms with Crippen molar-refractivity contribution in [3.8, 4) is 6.07 Å². The zero-order valence-corrected chi connectivity index (χ0v) is 23.2. The Balaban J connectivity index is 0.00000220. The minimum absolute atomic E-state index is 0. The third-order valence-electron chi connectivity index (χ3n) is 6.99. The number of carbonyl (C=O) groups is 1. The van der Waals surface area contributed by atoms with E-state index < -0.39 is 11.7 Å². The molecule has 0 unspecified atom stereocenters. The van der Waals surface area contributed by atoms with E-state index in [1.807, 2.05) is 18.2 Å². The fraction of sp³-hybridized carbons (Fsp3) is 0.321. The van der Waals surface area contributed by atoms with Crippen molar-refractivity contribution in [3.63, 3.8) is 0 Å². The predicted molar refractivity (Wildman–Crippen MR) is 152 cm³/mol. The Kier molecular flexibility index (Phi) is 10.4. The van der Waals surface area contributed by atoms with E-state index in [9.17, 15) is 23.2 Å². The summed E-state index contributed by atoms with van der Waals surface area (Å²) in [5, 5.41) is 13.9. The molecule has 2 aromatic carbocycles. The molecule has 7 nitrogen and oxygen atoms in total. The van der Waals surface area contributed by atoms with Gasteiger partial charge in [-0.15, -0.1) is 24.8 Å². The number of alkyl halides is 3. The van der Waals surface area contributed by atoms with Crippen LogP contribution in [0.3, 0.4) is 0 Å². The van der Waals surface area contributed by atoms with Crippen molar-refractivity contribution in [2.24, 2.45) is 0 Å². The van der Waals surface area contributed by atoms with E-state index in [1.165, 1.54) is 27.4 Å². The standard InChI is InChI=1S/C28H27F3N6O.2ClH/c29-28(30,31)24-8-4-7-22(17-24)25-10-12-36(27-23(18-32)19-33-37(25)27)26(38)20-35-15-13-34(14-16-35)11-9-21-5-2-1-3-6-21;;/h1-8,10,17,19H,9,11-16,20H2;2*1H. The zero-order valence-electron chi connectivity index (χ0n) is 21.5. The molecule has 2 aliphatic rings. The molecule has 0 aliphatic carbocycles. The van der Waals surface area contributed by atoms with Crippen LogP contribution in [0.2, 0.25) is 0 Å². The second-order valence-electron chi connectivity index (χ2n) is 9.43. The Morgan fingerprint density at radius 2 is 1.68 bits per heavy atom. The summed E-state index contributed by atoms with van der Waals surface area (Å²) in [4.78, 5) is 19.3. The van der Waals surface area contributed by atoms with Crippen LogP contribution in [0, 0.1) is 11.3 Å². The van der Waals surface area contributed by atoms with Gasteiger partial charge < -0.3 is 4.90 Å². The molecular formula is C28H29Cl2F3N6O. The van der Waals surface area contributed by atoms with E-state index in [-0.39, 0.29) is 55.2 Å². The van der Waals surface area contributed by atoms with Crippen LogP contribution < -0.4 is 4.90 Å². The van der Waals surface area contributed by atoms with Crippen LogP contribution in [-0.4, -0.2) is 71.3 Å². The van der Waals surface area contributed by atoms with E-state index in [0.717, 1.165) is 51.3 Å². The lowest BCUT2D eigenvalue weighted by atomic mass is 10.1. The van der Waals surface area contributed by atoms with Crippen molar-refractivity contribution in [3.05, 3.63) is 89.1 Å². The van der Waals surface area contributed by atoms with Gasteiger partial charge in [0.1, 0.15) is 11.6 Å². The Morgan fingerprint density at radius 1 is 0.975 bits per heavy atom. The largest absolute Gasteiger partial charge is 0.416 e. The smallest absolute Gasteiger partial charge is 0.300 e. The number of anilines is 1. The molecule has 3 aromatic rings. The molecule has 0 bridgehead atoms. The molecule has 1 saturated heterocycles. The first-order valence-electron chi connectivity index (χ1n) is 12.5. The van der Waals surface area contributed by atoms with Gasteiger partial charge in [-0.3, -0.25) is 14.6 Å². The first kappa shape index (κ1) is 31.2. The summed E-state index contributed by atoms with van der Waals surface area (Å²) in [6.45, 7) is 4.53. The van der Waals surface area contributed by atoms with Gasteiger partial charge in [-0.1, -0.05) is 42.5 Å². The van der Waals surface area contributed by atoms with E-state index in [0.29, 0.717) is 11.3 Å². The summed E-state index contributed by atoms with van der Waals surface area (Å²) < 4.78 is 41.2. The van der Waals surface area contributed by atoms with Gasteiger partial charge in [0.15, 0.2) is 5.82 Å². The molecular weight excluding hydrogens is 564 g/mol. The zero-order chi connectivity index (χ0) is 26.7. The minimum atomic E-state index is -4.48. The Morgan fingerprint density at radius 3 is 2.35 bits per heavy atom. The number of aromatic nitrogens is 2. The summed E-state index contributed by atoms with van der Waals surface area (Å²) in [5.41, 5.74) is 1.45. The first-order chi connectivity index (χ1) is 18.3. The molecule has 0 spiro atoms. The van der Waals surface area contributed by atoms with Crippen LogP contribution in [0.15, 0.2) is 66.9 Å². The number of fused-ring (bicyclic) bond motifs is 1. The summed E-state index contributed by atoms with van der Waals surface area (Å²) in [5.74, 6) is 0.106. The SMILES string of the molecule is Cl.Cl.N#Cc1cnn2c1N(C(=O)CN1CCN(CCc3ccccc3)CC1)CC=C2c1cccc(C(F)(F)F)c1. The molecule has 3 heterocycles. The maximum Gasteiger partial charge on any atom is 0.416 e. The average Bonchev–Trinajstić information content (AvgIpc) is 3.37. The van der Waals surface area contributed by atoms with E-state index in [2.05, 4.69) is 33.1 Å². The average molecular weight is 593 g/mol. The summed E-state index contributed by atoms with van der Waals surface area (Å²) in [7, 11) is 0. The number of hydrogen-bond donors (Lipinski definition) is 0. The number of amides is 1. The van der Waals surface area contributed by atoms with Crippen LogP contribution in [0.5, 0.6) is 0 Å². The maximum atomic E-state index is 13.4. The van der Waals surface area contributed by atoms with Gasteiger partial charge in [-0.2, -0.15) is 23.5 Å². The third-order valence-corrected chi connectivity index (χ3v) is 6.99. The number of benzene rings is 2. The normalized spacial score (nSPS) is 15.8. The van der Waals surface area contributed by atoms with Crippen molar-refractivity contribution in [1.29, 1.82) is 5.26 Å². The van der Waals surface area contributed by atoms with Crippen molar-refractivity contribution < 1.29 is 18.0 Å². The predicted octanol–water partition coefficient (Wildman–Crippen LogP) is 4.71. The fourth-order valence-electron chi connectivity index (χ4n) is 4.90. The van der Waals surface area contributed by atoms with E-state index >= 15 is 0 Å². The van der Waals surface area contributed by atoms with Crippen molar-refractivity contribution >= 4 is 42.2 Å². The number of nitriles is 1. The molecule has 0 N–H and O–H groups in total. The van der Waals surface area contributed by atoms with E-state index in [1.54, 1.807) is 12.1 Å². The quantitative estimate of drug-likeness (QED) is 0.414. The van der Waals surface area contributed by atoms with Gasteiger partial charge in [0.25, 0.3) is 0 Å². The molecule has 0 atom stereocenters. The lowest BCUT2D eigenvalue weighted by Gasteiger charge is -2.36.